The van der Waals surface area contributed by atoms with E-state index in [0.717, 1.165) is 11.3 Å². The number of anilines is 1. The second kappa shape index (κ2) is 5.09. The summed E-state index contributed by atoms with van der Waals surface area (Å²) in [7, 11) is 0. The van der Waals surface area contributed by atoms with Gasteiger partial charge >= 0.3 is 6.09 Å². The smallest absolute Gasteiger partial charge is 0.415 e. The van der Waals surface area contributed by atoms with Crippen LogP contribution < -0.4 is 4.90 Å². The first-order valence-electron chi connectivity index (χ1n) is 6.09. The van der Waals surface area contributed by atoms with Crippen LogP contribution in [0.2, 0.25) is 0 Å². The van der Waals surface area contributed by atoms with Crippen molar-refractivity contribution in [2.75, 3.05) is 11.5 Å². The van der Waals surface area contributed by atoms with Gasteiger partial charge < -0.3 is 4.74 Å². The van der Waals surface area contributed by atoms with Crippen molar-refractivity contribution in [1.82, 2.24) is 0 Å². The van der Waals surface area contributed by atoms with E-state index < -0.39 is 12.1 Å². The maximum atomic E-state index is 11.9. The van der Waals surface area contributed by atoms with Crippen LogP contribution in [0.1, 0.15) is 31.7 Å². The molecule has 1 heterocycles. The lowest BCUT2D eigenvalue weighted by Gasteiger charge is -2.32. The van der Waals surface area contributed by atoms with Crippen molar-refractivity contribution in [3.05, 3.63) is 29.8 Å². The molecule has 1 aliphatic rings. The number of carbonyl (C=O) groups is 1. The standard InChI is InChI=1S/C14H16N2O2/c1-10(2)12-5-3-4-6-13(12)16-11(9-15)7-8-18-14(16)17/h3-6,10-11H,7-8H2,1-2H3. The summed E-state index contributed by atoms with van der Waals surface area (Å²) in [4.78, 5) is 13.4. The van der Waals surface area contributed by atoms with Crippen molar-refractivity contribution in [1.29, 1.82) is 5.26 Å². The van der Waals surface area contributed by atoms with Gasteiger partial charge in [-0.15, -0.1) is 0 Å². The van der Waals surface area contributed by atoms with Crippen LogP contribution in [0.4, 0.5) is 10.5 Å². The van der Waals surface area contributed by atoms with Crippen LogP contribution in [0.5, 0.6) is 0 Å². The Labute approximate surface area is 107 Å². The van der Waals surface area contributed by atoms with Crippen LogP contribution in [-0.4, -0.2) is 18.7 Å². The summed E-state index contributed by atoms with van der Waals surface area (Å²) in [6, 6.07) is 9.40. The second-order valence-electron chi connectivity index (χ2n) is 4.63. The molecule has 1 aliphatic heterocycles. The number of carbonyl (C=O) groups excluding carboxylic acids is 1. The summed E-state index contributed by atoms with van der Waals surface area (Å²) in [6.45, 7) is 4.45. The van der Waals surface area contributed by atoms with Gasteiger partial charge in [-0.25, -0.2) is 4.79 Å². The molecule has 0 bridgehead atoms. The Bertz CT molecular complexity index is 491. The zero-order valence-corrected chi connectivity index (χ0v) is 10.6. The maximum Gasteiger partial charge on any atom is 0.415 e. The predicted molar refractivity (Wildman–Crippen MR) is 68.4 cm³/mol. The van der Waals surface area contributed by atoms with Crippen LogP contribution in [-0.2, 0) is 4.74 Å². The molecule has 1 aromatic carbocycles. The fraction of sp³-hybridized carbons (Fsp3) is 0.429. The van der Waals surface area contributed by atoms with Gasteiger partial charge in [0, 0.05) is 6.42 Å². The van der Waals surface area contributed by atoms with E-state index in [9.17, 15) is 10.1 Å². The molecule has 4 nitrogen and oxygen atoms in total. The van der Waals surface area contributed by atoms with Crippen LogP contribution in [0, 0.1) is 11.3 Å². The van der Waals surface area contributed by atoms with Crippen molar-refractivity contribution in [2.45, 2.75) is 32.2 Å². The number of ether oxygens (including phenoxy) is 1. The van der Waals surface area contributed by atoms with Crippen LogP contribution in [0.15, 0.2) is 24.3 Å². The van der Waals surface area contributed by atoms with E-state index in [0.29, 0.717) is 13.0 Å². The zero-order valence-electron chi connectivity index (χ0n) is 10.6. The number of nitriles is 1. The molecule has 0 aliphatic carbocycles. The topological polar surface area (TPSA) is 53.3 Å². The molecule has 1 unspecified atom stereocenters. The number of benzene rings is 1. The van der Waals surface area contributed by atoms with E-state index in [4.69, 9.17) is 4.74 Å². The third-order valence-electron chi connectivity index (χ3n) is 3.09. The SMILES string of the molecule is CC(C)c1ccccc1N1C(=O)OCCC1C#N. The lowest BCUT2D eigenvalue weighted by Crippen LogP contribution is -2.45. The number of hydrogen-bond acceptors (Lipinski definition) is 3. The average Bonchev–Trinajstić information content (AvgIpc) is 2.38. The Morgan fingerprint density at radius 1 is 1.44 bits per heavy atom. The molecule has 0 radical (unpaired) electrons. The molecule has 0 saturated carbocycles. The third kappa shape index (κ3) is 2.17. The third-order valence-corrected chi connectivity index (χ3v) is 3.09. The minimum absolute atomic E-state index is 0.287. The average molecular weight is 244 g/mol. The minimum atomic E-state index is -0.439. The Morgan fingerprint density at radius 3 is 2.83 bits per heavy atom. The molecular formula is C14H16N2O2. The Kier molecular flexibility index (Phi) is 3.52. The molecule has 2 rings (SSSR count). The molecule has 94 valence electrons. The lowest BCUT2D eigenvalue weighted by molar-refractivity contribution is 0.134. The summed E-state index contributed by atoms with van der Waals surface area (Å²) < 4.78 is 5.05. The number of amides is 1. The Balaban J connectivity index is 2.45. The normalized spacial score (nSPS) is 19.6. The molecule has 1 aromatic rings. The van der Waals surface area contributed by atoms with Gasteiger partial charge in [0.25, 0.3) is 0 Å². The molecular weight excluding hydrogens is 228 g/mol. The van der Waals surface area contributed by atoms with Crippen LogP contribution >= 0.6 is 0 Å². The quantitative estimate of drug-likeness (QED) is 0.803. The molecule has 1 amide bonds. The van der Waals surface area contributed by atoms with Crippen molar-refractivity contribution < 1.29 is 9.53 Å². The van der Waals surface area contributed by atoms with Gasteiger partial charge in [-0.2, -0.15) is 5.26 Å². The van der Waals surface area contributed by atoms with Crippen molar-refractivity contribution in [3.8, 4) is 6.07 Å². The Morgan fingerprint density at radius 2 is 2.17 bits per heavy atom. The van der Waals surface area contributed by atoms with Gasteiger partial charge in [0.15, 0.2) is 0 Å². The lowest BCUT2D eigenvalue weighted by atomic mass is 9.99. The summed E-state index contributed by atoms with van der Waals surface area (Å²) >= 11 is 0. The maximum absolute atomic E-state index is 11.9. The first-order valence-corrected chi connectivity index (χ1v) is 6.09. The highest BCUT2D eigenvalue weighted by Gasteiger charge is 2.32. The number of cyclic esters (lactones) is 1. The molecule has 0 spiro atoms. The Hall–Kier alpha value is -2.02. The molecule has 1 fully saturated rings. The number of para-hydroxylation sites is 1. The highest BCUT2D eigenvalue weighted by molar-refractivity contribution is 5.90. The van der Waals surface area contributed by atoms with Gasteiger partial charge in [-0.1, -0.05) is 32.0 Å². The molecule has 0 N–H and O–H groups in total. The first kappa shape index (κ1) is 12.4. The van der Waals surface area contributed by atoms with Gasteiger partial charge in [-0.3, -0.25) is 4.90 Å². The molecule has 1 saturated heterocycles. The zero-order chi connectivity index (χ0) is 13.1. The van der Waals surface area contributed by atoms with Crippen molar-refractivity contribution in [2.24, 2.45) is 0 Å². The number of rotatable bonds is 2. The second-order valence-corrected chi connectivity index (χ2v) is 4.63. The van der Waals surface area contributed by atoms with Crippen molar-refractivity contribution in [3.63, 3.8) is 0 Å². The van der Waals surface area contributed by atoms with Gasteiger partial charge in [0.05, 0.1) is 18.4 Å². The molecule has 1 atom stereocenters. The predicted octanol–water partition coefficient (Wildman–Crippen LogP) is 3.05. The van der Waals surface area contributed by atoms with E-state index >= 15 is 0 Å². The highest BCUT2D eigenvalue weighted by Crippen LogP contribution is 2.31. The summed E-state index contributed by atoms with van der Waals surface area (Å²) in [5.41, 5.74) is 1.83. The van der Waals surface area contributed by atoms with Crippen molar-refractivity contribution >= 4 is 11.8 Å². The van der Waals surface area contributed by atoms with Gasteiger partial charge in [0.1, 0.15) is 6.04 Å². The van der Waals surface area contributed by atoms with Gasteiger partial charge in [-0.05, 0) is 17.5 Å². The fourth-order valence-corrected chi connectivity index (χ4v) is 2.17. The summed E-state index contributed by atoms with van der Waals surface area (Å²) in [6.07, 6.45) is 0.121. The minimum Gasteiger partial charge on any atom is -0.449 e. The molecule has 18 heavy (non-hydrogen) atoms. The fourth-order valence-electron chi connectivity index (χ4n) is 2.17. The number of nitrogens with zero attached hydrogens (tertiary/aromatic N) is 2. The monoisotopic (exact) mass is 244 g/mol. The van der Waals surface area contributed by atoms with Crippen LogP contribution in [0.25, 0.3) is 0 Å². The van der Waals surface area contributed by atoms with Gasteiger partial charge in [0.2, 0.25) is 0 Å². The molecule has 0 aromatic heterocycles. The van der Waals surface area contributed by atoms with E-state index in [1.165, 1.54) is 4.90 Å². The summed E-state index contributed by atoms with van der Waals surface area (Å²) in [5, 5.41) is 9.17. The highest BCUT2D eigenvalue weighted by atomic mass is 16.6. The largest absolute Gasteiger partial charge is 0.449 e. The van der Waals surface area contributed by atoms with E-state index in [2.05, 4.69) is 19.9 Å². The van der Waals surface area contributed by atoms with E-state index in [-0.39, 0.29) is 5.92 Å². The summed E-state index contributed by atoms with van der Waals surface area (Å²) in [5.74, 6) is 0.287. The van der Waals surface area contributed by atoms with Crippen LogP contribution in [0.3, 0.4) is 0 Å². The first-order chi connectivity index (χ1) is 8.65. The van der Waals surface area contributed by atoms with E-state index in [1.54, 1.807) is 0 Å². The molecule has 4 heteroatoms. The number of hydrogen-bond donors (Lipinski definition) is 0. The van der Waals surface area contributed by atoms with E-state index in [1.807, 2.05) is 24.3 Å².